The lowest BCUT2D eigenvalue weighted by molar-refractivity contribution is -0.150. The van der Waals surface area contributed by atoms with Gasteiger partial charge < -0.3 is 19.0 Å². The van der Waals surface area contributed by atoms with E-state index in [0.29, 0.717) is 26.1 Å². The first-order valence-electron chi connectivity index (χ1n) is 10.3. The van der Waals surface area contributed by atoms with Crippen molar-refractivity contribution in [1.82, 2.24) is 9.88 Å². The Morgan fingerprint density at radius 2 is 1.97 bits per heavy atom. The third kappa shape index (κ3) is 5.31. The van der Waals surface area contributed by atoms with Crippen LogP contribution in [0.5, 0.6) is 5.75 Å². The van der Waals surface area contributed by atoms with Crippen LogP contribution in [0.25, 0.3) is 0 Å². The van der Waals surface area contributed by atoms with E-state index in [0.717, 1.165) is 28.3 Å². The summed E-state index contributed by atoms with van der Waals surface area (Å²) in [4.78, 5) is 17.8. The fourth-order valence-corrected chi connectivity index (χ4v) is 3.77. The molecule has 0 saturated carbocycles. The van der Waals surface area contributed by atoms with Gasteiger partial charge in [0.05, 0.1) is 13.2 Å². The first kappa shape index (κ1) is 21.1. The normalized spacial score (nSPS) is 17.9. The van der Waals surface area contributed by atoms with Crippen LogP contribution >= 0.6 is 0 Å². The Morgan fingerprint density at radius 3 is 2.65 bits per heavy atom. The molecule has 0 spiro atoms. The number of nitrogens with zero attached hydrogens (tertiary/aromatic N) is 2. The van der Waals surface area contributed by atoms with Gasteiger partial charge in [-0.05, 0) is 30.2 Å². The first-order valence-corrected chi connectivity index (χ1v) is 10.3. The van der Waals surface area contributed by atoms with E-state index in [9.17, 15) is 9.90 Å². The summed E-state index contributed by atoms with van der Waals surface area (Å²) in [6.07, 6.45) is 1.84. The second kappa shape index (κ2) is 9.76. The number of carboxylic acid groups (broad SMARTS) is 1. The number of hydrogen-bond donors (Lipinski definition) is 1. The molecule has 1 aliphatic rings. The largest absolute Gasteiger partial charge is 0.484 e. The molecule has 1 saturated heterocycles. The van der Waals surface area contributed by atoms with Crippen LogP contribution in [0.1, 0.15) is 28.7 Å². The molecule has 2 atom stereocenters. The summed E-state index contributed by atoms with van der Waals surface area (Å²) in [6.45, 7) is 3.79. The molecule has 0 radical (unpaired) electrons. The fraction of sp³-hybridized carbons (Fsp3) is 0.333. The lowest BCUT2D eigenvalue weighted by atomic mass is 10.0. The van der Waals surface area contributed by atoms with Gasteiger partial charge in [0.2, 0.25) is 0 Å². The van der Waals surface area contributed by atoms with Crippen molar-refractivity contribution in [2.45, 2.75) is 32.0 Å². The fourth-order valence-electron chi connectivity index (χ4n) is 3.77. The first-order chi connectivity index (χ1) is 15.1. The number of carboxylic acids is 1. The number of aliphatic carboxylic acids is 1. The van der Waals surface area contributed by atoms with Crippen LogP contribution < -0.4 is 4.74 Å². The Bertz CT molecular complexity index is 987. The van der Waals surface area contributed by atoms with Gasteiger partial charge in [-0.15, -0.1) is 0 Å². The molecule has 0 bridgehead atoms. The maximum absolute atomic E-state index is 11.5. The van der Waals surface area contributed by atoms with Crippen molar-refractivity contribution >= 4 is 5.97 Å². The lowest BCUT2D eigenvalue weighted by Crippen LogP contribution is -2.49. The molecule has 31 heavy (non-hydrogen) atoms. The van der Waals surface area contributed by atoms with Gasteiger partial charge in [0.25, 0.3) is 0 Å². The van der Waals surface area contributed by atoms with Gasteiger partial charge in [0.15, 0.2) is 6.39 Å². The maximum Gasteiger partial charge on any atom is 0.323 e. The number of carbonyl (C=O) groups is 1. The van der Waals surface area contributed by atoms with Crippen molar-refractivity contribution < 1.29 is 23.8 Å². The average molecular weight is 422 g/mol. The zero-order chi connectivity index (χ0) is 21.6. The Labute approximate surface area is 181 Å². The quantitative estimate of drug-likeness (QED) is 0.593. The Morgan fingerprint density at radius 1 is 1.19 bits per heavy atom. The summed E-state index contributed by atoms with van der Waals surface area (Å²) < 4.78 is 17.0. The number of ether oxygens (including phenoxy) is 2. The monoisotopic (exact) mass is 422 g/mol. The van der Waals surface area contributed by atoms with Gasteiger partial charge >= 0.3 is 5.97 Å². The standard InChI is InChI=1S/C24H26N2O5/c1-17-23(25-16-30-17)22(13-18-5-3-2-4-6-18)31-20-9-7-19(8-10-20)14-26-11-12-29-15-21(26)24(27)28/h2-10,16,21-22H,11-15H2,1H3,(H,27,28). The molecule has 0 amide bonds. The molecule has 2 unspecified atom stereocenters. The van der Waals surface area contributed by atoms with Crippen LogP contribution in [0.2, 0.25) is 0 Å². The highest BCUT2D eigenvalue weighted by atomic mass is 16.5. The highest BCUT2D eigenvalue weighted by Crippen LogP contribution is 2.27. The maximum atomic E-state index is 11.5. The van der Waals surface area contributed by atoms with Gasteiger partial charge in [-0.1, -0.05) is 42.5 Å². The van der Waals surface area contributed by atoms with Gasteiger partial charge in [-0.2, -0.15) is 0 Å². The van der Waals surface area contributed by atoms with Gasteiger partial charge in [0.1, 0.15) is 29.3 Å². The minimum Gasteiger partial charge on any atom is -0.484 e. The van der Waals surface area contributed by atoms with E-state index >= 15 is 0 Å². The molecule has 1 aromatic heterocycles. The number of aryl methyl sites for hydroxylation is 1. The highest BCUT2D eigenvalue weighted by molar-refractivity contribution is 5.73. The van der Waals surface area contributed by atoms with E-state index < -0.39 is 12.0 Å². The molecule has 2 aromatic carbocycles. The molecule has 1 N–H and O–H groups in total. The number of benzene rings is 2. The molecule has 7 heteroatoms. The molecule has 0 aliphatic carbocycles. The smallest absolute Gasteiger partial charge is 0.323 e. The predicted molar refractivity (Wildman–Crippen MR) is 114 cm³/mol. The van der Waals surface area contributed by atoms with Crippen molar-refractivity contribution in [3.63, 3.8) is 0 Å². The summed E-state index contributed by atoms with van der Waals surface area (Å²) in [7, 11) is 0. The minimum atomic E-state index is -0.855. The van der Waals surface area contributed by atoms with Crippen LogP contribution in [-0.4, -0.2) is 46.8 Å². The van der Waals surface area contributed by atoms with E-state index in [4.69, 9.17) is 13.9 Å². The lowest BCUT2D eigenvalue weighted by Gasteiger charge is -2.32. The molecule has 2 heterocycles. The molecule has 3 aromatic rings. The highest BCUT2D eigenvalue weighted by Gasteiger charge is 2.29. The number of oxazole rings is 1. The average Bonchev–Trinajstić information content (AvgIpc) is 3.21. The van der Waals surface area contributed by atoms with Crippen molar-refractivity contribution in [2.24, 2.45) is 0 Å². The molecule has 1 aliphatic heterocycles. The SMILES string of the molecule is Cc1ocnc1C(Cc1ccccc1)Oc1ccc(CN2CCOCC2C(=O)O)cc1. The number of morpholine rings is 1. The van der Waals surface area contributed by atoms with Crippen LogP contribution in [0, 0.1) is 6.92 Å². The van der Waals surface area contributed by atoms with Crippen LogP contribution in [-0.2, 0) is 22.5 Å². The van der Waals surface area contributed by atoms with E-state index in [1.54, 1.807) is 0 Å². The number of aromatic nitrogens is 1. The summed E-state index contributed by atoms with van der Waals surface area (Å²) in [5.74, 6) is 0.611. The van der Waals surface area contributed by atoms with Crippen molar-refractivity contribution in [3.05, 3.63) is 83.6 Å². The Kier molecular flexibility index (Phi) is 6.64. The molecule has 7 nitrogen and oxygen atoms in total. The van der Waals surface area contributed by atoms with Crippen LogP contribution in [0.15, 0.2) is 65.4 Å². The van der Waals surface area contributed by atoms with E-state index in [2.05, 4.69) is 17.1 Å². The molecule has 4 rings (SSSR count). The second-order valence-electron chi connectivity index (χ2n) is 7.63. The number of hydrogen-bond acceptors (Lipinski definition) is 6. The zero-order valence-corrected chi connectivity index (χ0v) is 17.4. The summed E-state index contributed by atoms with van der Waals surface area (Å²) in [6, 6.07) is 17.3. The van der Waals surface area contributed by atoms with Crippen molar-refractivity contribution in [3.8, 4) is 5.75 Å². The summed E-state index contributed by atoms with van der Waals surface area (Å²) in [5.41, 5.74) is 2.96. The summed E-state index contributed by atoms with van der Waals surface area (Å²) in [5, 5.41) is 9.41. The van der Waals surface area contributed by atoms with Crippen LogP contribution in [0.3, 0.4) is 0 Å². The van der Waals surface area contributed by atoms with E-state index in [1.165, 1.54) is 6.39 Å². The molecule has 162 valence electrons. The number of rotatable bonds is 8. The van der Waals surface area contributed by atoms with Crippen molar-refractivity contribution in [2.75, 3.05) is 19.8 Å². The third-order valence-electron chi connectivity index (χ3n) is 5.46. The van der Waals surface area contributed by atoms with Gasteiger partial charge in [-0.3, -0.25) is 9.69 Å². The Balaban J connectivity index is 1.46. The molecular weight excluding hydrogens is 396 g/mol. The topological polar surface area (TPSA) is 85.0 Å². The zero-order valence-electron chi connectivity index (χ0n) is 17.4. The second-order valence-corrected chi connectivity index (χ2v) is 7.63. The predicted octanol–water partition coefficient (Wildman–Crippen LogP) is 3.63. The molecule has 1 fully saturated rings. The summed E-state index contributed by atoms with van der Waals surface area (Å²) >= 11 is 0. The van der Waals surface area contributed by atoms with Gasteiger partial charge in [-0.25, -0.2) is 4.98 Å². The third-order valence-corrected chi connectivity index (χ3v) is 5.46. The van der Waals surface area contributed by atoms with E-state index in [1.807, 2.05) is 54.3 Å². The van der Waals surface area contributed by atoms with E-state index in [-0.39, 0.29) is 12.7 Å². The van der Waals surface area contributed by atoms with Crippen molar-refractivity contribution in [1.29, 1.82) is 0 Å². The van der Waals surface area contributed by atoms with Gasteiger partial charge in [0, 0.05) is 19.5 Å². The Hall–Kier alpha value is -3.16. The van der Waals surface area contributed by atoms with Crippen LogP contribution in [0.4, 0.5) is 0 Å². The minimum absolute atomic E-state index is 0.217. The molecular formula is C24H26N2O5.